The van der Waals surface area contributed by atoms with E-state index in [0.717, 1.165) is 11.4 Å². The number of tetrazole rings is 1. The van der Waals surface area contributed by atoms with Crippen LogP contribution >= 0.6 is 0 Å². The van der Waals surface area contributed by atoms with Crippen LogP contribution in [0.4, 0.5) is 5.69 Å². The highest BCUT2D eigenvalue weighted by atomic mass is 16.1. The lowest BCUT2D eigenvalue weighted by molar-refractivity contribution is -0.105. The van der Waals surface area contributed by atoms with Crippen LogP contribution in [0.2, 0.25) is 0 Å². The molecule has 0 spiro atoms. The smallest absolute Gasteiger partial charge is 0.211 e. The molecule has 1 aromatic carbocycles. The first-order valence-electron chi connectivity index (χ1n) is 3.94. The van der Waals surface area contributed by atoms with Gasteiger partial charge in [-0.05, 0) is 29.5 Å². The Morgan fingerprint density at radius 2 is 2.07 bits per heavy atom. The van der Waals surface area contributed by atoms with Crippen molar-refractivity contribution in [3.8, 4) is 5.69 Å². The van der Waals surface area contributed by atoms with E-state index in [1.807, 2.05) is 0 Å². The van der Waals surface area contributed by atoms with Crippen LogP contribution in [0.3, 0.4) is 0 Å². The Balaban J connectivity index is 2.26. The Morgan fingerprint density at radius 3 is 2.64 bits per heavy atom. The van der Waals surface area contributed by atoms with Gasteiger partial charge in [0.1, 0.15) is 0 Å². The van der Waals surface area contributed by atoms with Crippen molar-refractivity contribution in [2.45, 2.75) is 0 Å². The van der Waals surface area contributed by atoms with Crippen molar-refractivity contribution in [3.63, 3.8) is 0 Å². The van der Waals surface area contributed by atoms with Crippen molar-refractivity contribution in [1.29, 1.82) is 0 Å². The molecule has 14 heavy (non-hydrogen) atoms. The number of nitrogens with zero attached hydrogens (tertiary/aromatic N) is 4. The second-order valence-electron chi connectivity index (χ2n) is 2.53. The van der Waals surface area contributed by atoms with E-state index in [0.29, 0.717) is 6.41 Å². The van der Waals surface area contributed by atoms with Gasteiger partial charge in [-0.15, -0.1) is 15.0 Å². The molecule has 2 aromatic rings. The largest absolute Gasteiger partial charge is 0.329 e. The number of carbonyl (C=O) groups is 1. The molecular formula is C8H7N5O. The van der Waals surface area contributed by atoms with E-state index in [2.05, 4.69) is 20.7 Å². The summed E-state index contributed by atoms with van der Waals surface area (Å²) in [6.07, 6.45) is 1.99. The number of aromatic nitrogens is 4. The molecule has 1 heterocycles. The number of nitrogens with one attached hydrogen (secondary N) is 1. The maximum Gasteiger partial charge on any atom is 0.211 e. The van der Waals surface area contributed by atoms with Gasteiger partial charge in [0.15, 0.2) is 6.33 Å². The zero-order valence-electron chi connectivity index (χ0n) is 7.16. The van der Waals surface area contributed by atoms with E-state index in [4.69, 9.17) is 0 Å². The second kappa shape index (κ2) is 3.65. The van der Waals surface area contributed by atoms with Crippen LogP contribution in [0.15, 0.2) is 30.6 Å². The molecule has 2 rings (SSSR count). The summed E-state index contributed by atoms with van der Waals surface area (Å²) in [5, 5.41) is 13.7. The van der Waals surface area contributed by atoms with Crippen molar-refractivity contribution >= 4 is 12.1 Å². The molecule has 1 N–H and O–H groups in total. The van der Waals surface area contributed by atoms with Crippen LogP contribution in [0.5, 0.6) is 0 Å². The number of carbonyl (C=O) groups excluding carboxylic acids is 1. The van der Waals surface area contributed by atoms with Crippen LogP contribution in [0.25, 0.3) is 5.69 Å². The zero-order valence-corrected chi connectivity index (χ0v) is 7.16. The van der Waals surface area contributed by atoms with Gasteiger partial charge in [0.05, 0.1) is 5.69 Å². The average molecular weight is 189 g/mol. The van der Waals surface area contributed by atoms with E-state index < -0.39 is 0 Å². The van der Waals surface area contributed by atoms with Crippen molar-refractivity contribution in [2.75, 3.05) is 5.32 Å². The minimum Gasteiger partial charge on any atom is -0.329 e. The maximum atomic E-state index is 10.1. The van der Waals surface area contributed by atoms with Gasteiger partial charge in [-0.1, -0.05) is 0 Å². The van der Waals surface area contributed by atoms with Gasteiger partial charge in [-0.3, -0.25) is 4.79 Å². The molecule has 1 amide bonds. The predicted octanol–water partition coefficient (Wildman–Crippen LogP) is 0.231. The van der Waals surface area contributed by atoms with E-state index in [1.165, 1.54) is 11.1 Å². The lowest BCUT2D eigenvalue weighted by Gasteiger charge is -2.00. The topological polar surface area (TPSA) is 72.7 Å². The summed E-state index contributed by atoms with van der Waals surface area (Å²) in [5.41, 5.74) is 1.52. The van der Waals surface area contributed by atoms with Gasteiger partial charge in [-0.25, -0.2) is 0 Å². The Bertz CT molecular complexity index is 408. The fourth-order valence-electron chi connectivity index (χ4n) is 1.04. The standard InChI is InChI=1S/C8H7N5O/c14-6-9-7-1-3-8(4-2-7)13-11-5-10-12-13/h1-6H,(H,9,14). The average Bonchev–Trinajstić information content (AvgIpc) is 2.72. The minimum atomic E-state index is 0.628. The number of anilines is 1. The van der Waals surface area contributed by atoms with E-state index in [-0.39, 0.29) is 0 Å². The van der Waals surface area contributed by atoms with Crippen molar-refractivity contribution in [1.82, 2.24) is 20.2 Å². The predicted molar refractivity (Wildman–Crippen MR) is 48.8 cm³/mol. The molecule has 6 nitrogen and oxygen atoms in total. The third-order valence-electron chi connectivity index (χ3n) is 1.67. The quantitative estimate of drug-likeness (QED) is 0.701. The molecule has 0 radical (unpaired) electrons. The number of hydrogen-bond acceptors (Lipinski definition) is 4. The summed E-state index contributed by atoms with van der Waals surface area (Å²) in [4.78, 5) is 11.5. The molecule has 0 aliphatic rings. The van der Waals surface area contributed by atoms with Gasteiger partial charge in [0, 0.05) is 5.69 Å². The Morgan fingerprint density at radius 1 is 1.29 bits per heavy atom. The van der Waals surface area contributed by atoms with Crippen LogP contribution < -0.4 is 5.32 Å². The Kier molecular flexibility index (Phi) is 2.18. The first kappa shape index (κ1) is 8.36. The summed E-state index contributed by atoms with van der Waals surface area (Å²) in [6, 6.07) is 7.08. The minimum absolute atomic E-state index is 0.628. The summed E-state index contributed by atoms with van der Waals surface area (Å²) in [7, 11) is 0. The van der Waals surface area contributed by atoms with E-state index in [1.54, 1.807) is 24.3 Å². The zero-order chi connectivity index (χ0) is 9.80. The summed E-state index contributed by atoms with van der Waals surface area (Å²) in [5.74, 6) is 0. The molecule has 0 atom stereocenters. The van der Waals surface area contributed by atoms with Crippen LogP contribution in [0, 0.1) is 0 Å². The fourth-order valence-corrected chi connectivity index (χ4v) is 1.04. The number of amides is 1. The molecular weight excluding hydrogens is 182 g/mol. The highest BCUT2D eigenvalue weighted by Gasteiger charge is 1.97. The number of benzene rings is 1. The monoisotopic (exact) mass is 189 g/mol. The van der Waals surface area contributed by atoms with Crippen LogP contribution in [-0.2, 0) is 4.79 Å². The second-order valence-corrected chi connectivity index (χ2v) is 2.53. The SMILES string of the molecule is O=CNc1ccc(-n2ncnn2)cc1. The molecule has 70 valence electrons. The van der Waals surface area contributed by atoms with Gasteiger partial charge in [0.25, 0.3) is 0 Å². The number of hydrogen-bond donors (Lipinski definition) is 1. The van der Waals surface area contributed by atoms with E-state index in [9.17, 15) is 4.79 Å². The molecule has 0 saturated carbocycles. The molecule has 0 bridgehead atoms. The lowest BCUT2D eigenvalue weighted by atomic mass is 10.3. The Hall–Kier alpha value is -2.24. The van der Waals surface area contributed by atoms with Crippen LogP contribution in [-0.4, -0.2) is 26.6 Å². The van der Waals surface area contributed by atoms with Crippen molar-refractivity contribution in [3.05, 3.63) is 30.6 Å². The van der Waals surface area contributed by atoms with Crippen molar-refractivity contribution in [2.24, 2.45) is 0 Å². The molecule has 1 aromatic heterocycles. The maximum absolute atomic E-state index is 10.1. The van der Waals surface area contributed by atoms with Gasteiger partial charge in [-0.2, -0.15) is 0 Å². The van der Waals surface area contributed by atoms with Gasteiger partial charge in [0.2, 0.25) is 6.41 Å². The summed E-state index contributed by atoms with van der Waals surface area (Å²) < 4.78 is 0. The molecule has 0 unspecified atom stereocenters. The van der Waals surface area contributed by atoms with Crippen LogP contribution in [0.1, 0.15) is 0 Å². The third kappa shape index (κ3) is 1.58. The van der Waals surface area contributed by atoms with Gasteiger partial charge >= 0.3 is 0 Å². The van der Waals surface area contributed by atoms with Crippen molar-refractivity contribution < 1.29 is 4.79 Å². The molecule has 0 aliphatic heterocycles. The Labute approximate surface area is 79.5 Å². The molecule has 6 heteroatoms. The lowest BCUT2D eigenvalue weighted by Crippen LogP contribution is -1.99. The fraction of sp³-hybridized carbons (Fsp3) is 0. The first-order valence-corrected chi connectivity index (χ1v) is 3.94. The highest BCUT2D eigenvalue weighted by molar-refractivity contribution is 5.71. The summed E-state index contributed by atoms with van der Waals surface area (Å²) >= 11 is 0. The van der Waals surface area contributed by atoms with Gasteiger partial charge < -0.3 is 5.32 Å². The molecule has 0 saturated heterocycles. The highest BCUT2D eigenvalue weighted by Crippen LogP contribution is 2.10. The normalized spacial score (nSPS) is 9.71. The number of rotatable bonds is 3. The molecule has 0 aliphatic carbocycles. The van der Waals surface area contributed by atoms with E-state index >= 15 is 0 Å². The summed E-state index contributed by atoms with van der Waals surface area (Å²) in [6.45, 7) is 0. The first-order chi connectivity index (χ1) is 6.90. The molecule has 0 fully saturated rings. The third-order valence-corrected chi connectivity index (χ3v) is 1.67.